The van der Waals surface area contributed by atoms with Gasteiger partial charge in [0.2, 0.25) is 5.91 Å². The molecular weight excluding hydrogens is 344 g/mol. The van der Waals surface area contributed by atoms with Gasteiger partial charge in [0.25, 0.3) is 5.91 Å². The molecule has 27 heavy (non-hydrogen) atoms. The Labute approximate surface area is 160 Å². The van der Waals surface area contributed by atoms with Crippen molar-refractivity contribution in [3.63, 3.8) is 0 Å². The molecular formula is C21H28N2O4. The second-order valence-electron chi connectivity index (χ2n) is 7.90. The van der Waals surface area contributed by atoms with Crippen molar-refractivity contribution < 1.29 is 19.1 Å². The number of benzene rings is 1. The molecule has 3 aliphatic rings. The fourth-order valence-electron chi connectivity index (χ4n) is 4.08. The highest BCUT2D eigenvalue weighted by atomic mass is 16.5. The maximum Gasteiger partial charge on any atom is 0.251 e. The largest absolute Gasteiger partial charge is 0.487 e. The van der Waals surface area contributed by atoms with Crippen LogP contribution in [-0.2, 0) is 14.3 Å². The third kappa shape index (κ3) is 4.10. The summed E-state index contributed by atoms with van der Waals surface area (Å²) in [6.45, 7) is 5.36. The van der Waals surface area contributed by atoms with E-state index < -0.39 is 0 Å². The summed E-state index contributed by atoms with van der Waals surface area (Å²) in [4.78, 5) is 28.9. The van der Waals surface area contributed by atoms with Gasteiger partial charge in [-0.3, -0.25) is 9.59 Å². The zero-order valence-corrected chi connectivity index (χ0v) is 15.9. The van der Waals surface area contributed by atoms with Gasteiger partial charge in [0.15, 0.2) is 0 Å². The zero-order chi connectivity index (χ0) is 18.8. The van der Waals surface area contributed by atoms with Crippen LogP contribution < -0.4 is 4.74 Å². The van der Waals surface area contributed by atoms with E-state index in [1.54, 1.807) is 0 Å². The van der Waals surface area contributed by atoms with Crippen molar-refractivity contribution in [1.82, 2.24) is 9.80 Å². The number of ether oxygens (including phenoxy) is 2. The van der Waals surface area contributed by atoms with E-state index in [1.807, 2.05) is 41.0 Å². The molecule has 6 heteroatoms. The van der Waals surface area contributed by atoms with E-state index in [4.69, 9.17) is 9.47 Å². The number of rotatable bonds is 4. The van der Waals surface area contributed by atoms with Gasteiger partial charge in [-0.25, -0.2) is 0 Å². The summed E-state index contributed by atoms with van der Waals surface area (Å²) in [5, 5.41) is 0. The summed E-state index contributed by atoms with van der Waals surface area (Å²) in [7, 11) is 0. The molecule has 0 bridgehead atoms. The smallest absolute Gasteiger partial charge is 0.251 e. The van der Waals surface area contributed by atoms with Crippen LogP contribution in [0.1, 0.15) is 31.2 Å². The number of hydrogen-bond donors (Lipinski definition) is 0. The molecule has 6 nitrogen and oxygen atoms in total. The minimum absolute atomic E-state index is 0.0267. The van der Waals surface area contributed by atoms with Crippen LogP contribution in [0, 0.1) is 12.8 Å². The predicted molar refractivity (Wildman–Crippen MR) is 100 cm³/mol. The molecule has 0 saturated carbocycles. The molecule has 0 aromatic heterocycles. The second-order valence-corrected chi connectivity index (χ2v) is 7.90. The number of carbonyl (C=O) groups excluding carboxylic acids is 2. The first kappa shape index (κ1) is 18.3. The summed E-state index contributed by atoms with van der Waals surface area (Å²) in [6.07, 6.45) is 3.11. The van der Waals surface area contributed by atoms with Gasteiger partial charge in [0.05, 0.1) is 13.1 Å². The van der Waals surface area contributed by atoms with Crippen LogP contribution >= 0.6 is 0 Å². The highest BCUT2D eigenvalue weighted by Crippen LogP contribution is 2.26. The Morgan fingerprint density at radius 1 is 1.00 bits per heavy atom. The number of piperidine rings is 1. The first-order valence-electron chi connectivity index (χ1n) is 10.0. The van der Waals surface area contributed by atoms with Gasteiger partial charge in [-0.1, -0.05) is 17.7 Å². The maximum atomic E-state index is 12.7. The summed E-state index contributed by atoms with van der Waals surface area (Å²) >= 11 is 0. The van der Waals surface area contributed by atoms with Crippen molar-refractivity contribution in [2.45, 2.75) is 44.8 Å². The number of hydrogen-bond acceptors (Lipinski definition) is 4. The summed E-state index contributed by atoms with van der Waals surface area (Å²) < 4.78 is 11.4. The molecule has 4 rings (SSSR count). The fraction of sp³-hybridized carbons (Fsp3) is 0.619. The molecule has 3 saturated heterocycles. The van der Waals surface area contributed by atoms with E-state index in [-0.39, 0.29) is 29.9 Å². The summed E-state index contributed by atoms with van der Waals surface area (Å²) in [6, 6.07) is 8.01. The van der Waals surface area contributed by atoms with Gasteiger partial charge in [0.1, 0.15) is 18.0 Å². The second kappa shape index (κ2) is 7.89. The molecule has 3 heterocycles. The molecule has 146 valence electrons. The lowest BCUT2D eigenvalue weighted by molar-refractivity contribution is -0.150. The third-order valence-electron chi connectivity index (χ3n) is 5.84. The van der Waals surface area contributed by atoms with Crippen molar-refractivity contribution >= 4 is 11.8 Å². The minimum atomic E-state index is -0.257. The van der Waals surface area contributed by atoms with Gasteiger partial charge in [-0.2, -0.15) is 0 Å². The standard InChI is InChI=1S/C21H28N2O4/c1-15-4-6-17(7-5-15)27-18-13-23(14-18)20(24)16-8-10-22(11-9-16)21(25)19-3-2-12-26-19/h4-7,16,18-19H,2-3,8-14H2,1H3/t19-/m1/s1. The summed E-state index contributed by atoms with van der Waals surface area (Å²) in [5.74, 6) is 1.20. The Morgan fingerprint density at radius 2 is 1.70 bits per heavy atom. The molecule has 1 aromatic carbocycles. The van der Waals surface area contributed by atoms with Gasteiger partial charge in [-0.15, -0.1) is 0 Å². The average Bonchev–Trinajstić information content (AvgIpc) is 3.19. The number of amides is 2. The monoisotopic (exact) mass is 372 g/mol. The molecule has 0 unspecified atom stereocenters. The number of aryl methyl sites for hydroxylation is 1. The molecule has 0 N–H and O–H groups in total. The van der Waals surface area contributed by atoms with Crippen LogP contribution in [-0.4, -0.2) is 66.6 Å². The van der Waals surface area contributed by atoms with E-state index >= 15 is 0 Å². The Balaban J connectivity index is 1.20. The van der Waals surface area contributed by atoms with Crippen LogP contribution in [0.4, 0.5) is 0 Å². The lowest BCUT2D eigenvalue weighted by Gasteiger charge is -2.42. The molecule has 3 aliphatic heterocycles. The summed E-state index contributed by atoms with van der Waals surface area (Å²) in [5.41, 5.74) is 1.21. The first-order chi connectivity index (χ1) is 13.1. The van der Waals surface area contributed by atoms with Gasteiger partial charge >= 0.3 is 0 Å². The van der Waals surface area contributed by atoms with Gasteiger partial charge in [0, 0.05) is 25.6 Å². The predicted octanol–water partition coefficient (Wildman–Crippen LogP) is 2.00. The molecule has 2 amide bonds. The van der Waals surface area contributed by atoms with Crippen molar-refractivity contribution in [3.8, 4) is 5.75 Å². The number of nitrogens with zero attached hydrogens (tertiary/aromatic N) is 2. The van der Waals surface area contributed by atoms with E-state index in [2.05, 4.69) is 0 Å². The minimum Gasteiger partial charge on any atom is -0.487 e. The number of likely N-dealkylation sites (tertiary alicyclic amines) is 2. The van der Waals surface area contributed by atoms with Crippen LogP contribution in [0.25, 0.3) is 0 Å². The Bertz CT molecular complexity index is 670. The molecule has 1 aromatic rings. The van der Waals surface area contributed by atoms with Gasteiger partial charge in [-0.05, 0) is 44.7 Å². The van der Waals surface area contributed by atoms with Crippen LogP contribution in [0.5, 0.6) is 5.75 Å². The third-order valence-corrected chi connectivity index (χ3v) is 5.84. The van der Waals surface area contributed by atoms with Gasteiger partial charge < -0.3 is 19.3 Å². The molecule has 1 atom stereocenters. The molecule has 0 aliphatic carbocycles. The molecule has 0 spiro atoms. The van der Waals surface area contributed by atoms with Crippen LogP contribution in [0.3, 0.4) is 0 Å². The van der Waals surface area contributed by atoms with Crippen molar-refractivity contribution in [2.24, 2.45) is 5.92 Å². The van der Waals surface area contributed by atoms with E-state index in [0.29, 0.717) is 32.8 Å². The van der Waals surface area contributed by atoms with Crippen molar-refractivity contribution in [2.75, 3.05) is 32.8 Å². The Hall–Kier alpha value is -2.08. The topological polar surface area (TPSA) is 59.1 Å². The number of carbonyl (C=O) groups is 2. The normalized spacial score (nSPS) is 24.0. The molecule has 3 fully saturated rings. The Morgan fingerprint density at radius 3 is 2.33 bits per heavy atom. The highest BCUT2D eigenvalue weighted by Gasteiger charge is 2.38. The van der Waals surface area contributed by atoms with Crippen molar-refractivity contribution in [3.05, 3.63) is 29.8 Å². The van der Waals surface area contributed by atoms with Crippen LogP contribution in [0.15, 0.2) is 24.3 Å². The SMILES string of the molecule is Cc1ccc(OC2CN(C(=O)C3CCN(C(=O)[C@H]4CCCO4)CC3)C2)cc1. The quantitative estimate of drug-likeness (QED) is 0.811. The van der Waals surface area contributed by atoms with Crippen LogP contribution in [0.2, 0.25) is 0 Å². The van der Waals surface area contributed by atoms with E-state index in [0.717, 1.165) is 31.4 Å². The lowest BCUT2D eigenvalue weighted by atomic mass is 9.93. The van der Waals surface area contributed by atoms with E-state index in [1.165, 1.54) is 5.56 Å². The average molecular weight is 372 g/mol. The fourth-order valence-corrected chi connectivity index (χ4v) is 4.08. The van der Waals surface area contributed by atoms with E-state index in [9.17, 15) is 9.59 Å². The maximum absolute atomic E-state index is 12.7. The molecule has 0 radical (unpaired) electrons. The zero-order valence-electron chi connectivity index (χ0n) is 15.9. The highest BCUT2D eigenvalue weighted by molar-refractivity contribution is 5.83. The Kier molecular flexibility index (Phi) is 5.34. The van der Waals surface area contributed by atoms with Crippen molar-refractivity contribution in [1.29, 1.82) is 0 Å². The lowest BCUT2D eigenvalue weighted by Crippen LogP contribution is -2.58. The first-order valence-corrected chi connectivity index (χ1v) is 10.0.